The first-order valence-corrected chi connectivity index (χ1v) is 11.5. The molecule has 0 radical (unpaired) electrons. The van der Waals surface area contributed by atoms with Gasteiger partial charge in [-0.15, -0.1) is 11.3 Å². The zero-order valence-corrected chi connectivity index (χ0v) is 19.3. The Bertz CT molecular complexity index is 1780. The number of aromatic hydroxyl groups is 7. The predicted octanol–water partition coefficient (Wildman–Crippen LogP) is 5.85. The van der Waals surface area contributed by atoms with Crippen LogP contribution in [0.1, 0.15) is 0 Å². The Kier molecular flexibility index (Phi) is 4.08. The fraction of sp³-hybridized carbons (Fsp3) is 0. The molecule has 10 heteroatoms. The molecule has 170 valence electrons. The SMILES string of the molecule is Oc1c(O)c(O)c2c(c1O)c1c(O)c(Br)c(O)c(O)c1n2-c1cccc2c1sc1ccccc12. The molecule has 0 amide bonds. The molecule has 0 unspecified atom stereocenters. The van der Waals surface area contributed by atoms with Crippen molar-refractivity contribution in [3.63, 3.8) is 0 Å². The second-order valence-electron chi connectivity index (χ2n) is 7.79. The van der Waals surface area contributed by atoms with Gasteiger partial charge in [0.1, 0.15) is 21.3 Å². The highest BCUT2D eigenvalue weighted by molar-refractivity contribution is 9.10. The number of thiophene rings is 1. The molecule has 8 nitrogen and oxygen atoms in total. The molecular formula is C24H14BrNO7S. The number of phenolic OH excluding ortho intramolecular Hbond substituents is 7. The largest absolute Gasteiger partial charge is 0.506 e. The number of hydrogen-bond donors (Lipinski definition) is 7. The van der Waals surface area contributed by atoms with E-state index in [-0.39, 0.29) is 26.3 Å². The fourth-order valence-corrected chi connectivity index (χ4v) is 6.12. The number of nitrogens with zero attached hydrogens (tertiary/aromatic N) is 1. The minimum Gasteiger partial charge on any atom is -0.506 e. The van der Waals surface area contributed by atoms with E-state index in [9.17, 15) is 35.7 Å². The average Bonchev–Trinajstić information content (AvgIpc) is 3.40. The van der Waals surface area contributed by atoms with Crippen molar-refractivity contribution in [2.24, 2.45) is 0 Å². The van der Waals surface area contributed by atoms with Crippen molar-refractivity contribution in [2.75, 3.05) is 0 Å². The molecule has 0 fully saturated rings. The van der Waals surface area contributed by atoms with Crippen molar-refractivity contribution in [1.82, 2.24) is 4.57 Å². The second kappa shape index (κ2) is 6.75. The molecule has 6 aromatic rings. The van der Waals surface area contributed by atoms with Crippen LogP contribution in [0, 0.1) is 0 Å². The van der Waals surface area contributed by atoms with Crippen molar-refractivity contribution in [3.8, 4) is 45.9 Å². The molecule has 2 aromatic heterocycles. The summed E-state index contributed by atoms with van der Waals surface area (Å²) in [5, 5.41) is 75.8. The summed E-state index contributed by atoms with van der Waals surface area (Å²) in [6.07, 6.45) is 0. The number of phenols is 7. The van der Waals surface area contributed by atoms with Crippen molar-refractivity contribution in [2.45, 2.75) is 0 Å². The third-order valence-electron chi connectivity index (χ3n) is 6.03. The van der Waals surface area contributed by atoms with Crippen LogP contribution in [-0.4, -0.2) is 40.3 Å². The molecule has 2 heterocycles. The van der Waals surface area contributed by atoms with Crippen molar-refractivity contribution in [1.29, 1.82) is 0 Å². The van der Waals surface area contributed by atoms with E-state index in [1.54, 1.807) is 12.1 Å². The van der Waals surface area contributed by atoms with Crippen LogP contribution in [0.3, 0.4) is 0 Å². The highest BCUT2D eigenvalue weighted by Gasteiger charge is 2.32. The number of benzene rings is 4. The topological polar surface area (TPSA) is 147 Å². The van der Waals surface area contributed by atoms with E-state index in [1.165, 1.54) is 15.9 Å². The van der Waals surface area contributed by atoms with E-state index in [0.717, 1.165) is 20.2 Å². The maximum Gasteiger partial charge on any atom is 0.206 e. The van der Waals surface area contributed by atoms with Gasteiger partial charge in [0.25, 0.3) is 0 Å². The Hall–Kier alpha value is -4.02. The summed E-state index contributed by atoms with van der Waals surface area (Å²) in [5.41, 5.74) is 0.111. The molecule has 0 atom stereocenters. The Morgan fingerprint density at radius 1 is 0.588 bits per heavy atom. The molecule has 0 aliphatic rings. The zero-order valence-electron chi connectivity index (χ0n) is 16.9. The molecule has 4 aromatic carbocycles. The molecule has 0 bridgehead atoms. The van der Waals surface area contributed by atoms with E-state index in [2.05, 4.69) is 15.9 Å². The smallest absolute Gasteiger partial charge is 0.206 e. The number of aromatic nitrogens is 1. The maximum absolute atomic E-state index is 10.9. The summed E-state index contributed by atoms with van der Waals surface area (Å²) in [5.74, 6) is -5.42. The molecule has 34 heavy (non-hydrogen) atoms. The highest BCUT2D eigenvalue weighted by atomic mass is 79.9. The lowest BCUT2D eigenvalue weighted by molar-refractivity contribution is 0.350. The van der Waals surface area contributed by atoms with E-state index < -0.39 is 40.2 Å². The van der Waals surface area contributed by atoms with Crippen LogP contribution in [0.5, 0.6) is 40.2 Å². The standard InChI is InChI=1S/C24H14BrNO7S/c25-14-17(27)12-13-16(21(31)23(33)22(32)18(13)28)26(15(12)20(30)19(14)29)10-6-3-5-9-8-4-1-2-7-11(8)34-24(9)10/h1-7,27-33H. The van der Waals surface area contributed by atoms with E-state index >= 15 is 0 Å². The Morgan fingerprint density at radius 2 is 1.18 bits per heavy atom. The molecule has 6 rings (SSSR count). The van der Waals surface area contributed by atoms with Crippen LogP contribution in [0.25, 0.3) is 47.7 Å². The Labute approximate surface area is 202 Å². The summed E-state index contributed by atoms with van der Waals surface area (Å²) in [7, 11) is 0. The van der Waals surface area contributed by atoms with Gasteiger partial charge in [0.2, 0.25) is 11.5 Å². The quantitative estimate of drug-likeness (QED) is 0.102. The van der Waals surface area contributed by atoms with Crippen LogP contribution >= 0.6 is 27.3 Å². The van der Waals surface area contributed by atoms with Gasteiger partial charge in [0.05, 0.1) is 21.2 Å². The van der Waals surface area contributed by atoms with Gasteiger partial charge in [-0.1, -0.05) is 30.3 Å². The van der Waals surface area contributed by atoms with Crippen LogP contribution in [0.2, 0.25) is 0 Å². The van der Waals surface area contributed by atoms with Crippen LogP contribution in [0.4, 0.5) is 0 Å². The zero-order chi connectivity index (χ0) is 24.0. The van der Waals surface area contributed by atoms with Gasteiger partial charge in [-0.3, -0.25) is 0 Å². The van der Waals surface area contributed by atoms with Gasteiger partial charge >= 0.3 is 0 Å². The summed E-state index contributed by atoms with van der Waals surface area (Å²) in [6, 6.07) is 13.1. The van der Waals surface area contributed by atoms with E-state index in [4.69, 9.17) is 0 Å². The maximum atomic E-state index is 10.9. The average molecular weight is 540 g/mol. The summed E-state index contributed by atoms with van der Waals surface area (Å²) < 4.78 is 2.81. The molecule has 0 aliphatic heterocycles. The van der Waals surface area contributed by atoms with Gasteiger partial charge in [-0.05, 0) is 28.1 Å². The first kappa shape index (κ1) is 20.6. The molecule has 0 aliphatic carbocycles. The summed E-state index contributed by atoms with van der Waals surface area (Å²) >= 11 is 4.46. The van der Waals surface area contributed by atoms with Crippen LogP contribution in [0.15, 0.2) is 46.9 Å². The molecule has 0 saturated carbocycles. The van der Waals surface area contributed by atoms with Gasteiger partial charge < -0.3 is 40.3 Å². The molecule has 7 N–H and O–H groups in total. The third-order valence-corrected chi connectivity index (χ3v) is 7.99. The number of hydrogen-bond acceptors (Lipinski definition) is 8. The summed E-state index contributed by atoms with van der Waals surface area (Å²) in [6.45, 7) is 0. The van der Waals surface area contributed by atoms with Gasteiger partial charge in [-0.25, -0.2) is 0 Å². The first-order valence-electron chi connectivity index (χ1n) is 9.90. The lowest BCUT2D eigenvalue weighted by atomic mass is 10.1. The highest BCUT2D eigenvalue weighted by Crippen LogP contribution is 2.58. The van der Waals surface area contributed by atoms with Gasteiger partial charge in [0.15, 0.2) is 23.0 Å². The number of halogens is 1. The lowest BCUT2D eigenvalue weighted by Gasteiger charge is -2.13. The predicted molar refractivity (Wildman–Crippen MR) is 133 cm³/mol. The van der Waals surface area contributed by atoms with Crippen molar-refractivity contribution in [3.05, 3.63) is 46.9 Å². The monoisotopic (exact) mass is 539 g/mol. The first-order chi connectivity index (χ1) is 16.2. The van der Waals surface area contributed by atoms with Crippen molar-refractivity contribution < 1.29 is 35.7 Å². The van der Waals surface area contributed by atoms with Crippen molar-refractivity contribution >= 4 is 69.2 Å². The minimum absolute atomic E-state index is 0.145. The number of rotatable bonds is 1. The Balaban J connectivity index is 1.96. The van der Waals surface area contributed by atoms with Gasteiger partial charge in [-0.2, -0.15) is 0 Å². The van der Waals surface area contributed by atoms with Crippen LogP contribution < -0.4 is 0 Å². The molecule has 0 saturated heterocycles. The third kappa shape index (κ3) is 2.36. The van der Waals surface area contributed by atoms with Gasteiger partial charge in [0, 0.05) is 15.5 Å². The minimum atomic E-state index is -0.993. The summed E-state index contributed by atoms with van der Waals surface area (Å²) in [4.78, 5) is 0. The molecular weight excluding hydrogens is 526 g/mol. The number of fused-ring (bicyclic) bond motifs is 6. The Morgan fingerprint density at radius 3 is 1.91 bits per heavy atom. The molecule has 0 spiro atoms. The fourth-order valence-electron chi connectivity index (χ4n) is 4.52. The normalized spacial score (nSPS) is 11.9. The lowest BCUT2D eigenvalue weighted by Crippen LogP contribution is -1.95. The van der Waals surface area contributed by atoms with E-state index in [0.29, 0.717) is 5.69 Å². The van der Waals surface area contributed by atoms with E-state index in [1.807, 2.05) is 30.3 Å². The van der Waals surface area contributed by atoms with Crippen LogP contribution in [-0.2, 0) is 0 Å². The second-order valence-corrected chi connectivity index (χ2v) is 9.63.